The molecule has 27 heavy (non-hydrogen) atoms. The topological polar surface area (TPSA) is 127 Å². The molecule has 0 radical (unpaired) electrons. The van der Waals surface area contributed by atoms with Crippen LogP contribution in [0.1, 0.15) is 5.56 Å². The molecule has 0 bridgehead atoms. The molecule has 11 heteroatoms. The predicted octanol–water partition coefficient (Wildman–Crippen LogP) is 2.94. The normalized spacial score (nSPS) is 10.7. The number of benzene rings is 1. The van der Waals surface area contributed by atoms with E-state index in [0.717, 1.165) is 17.3 Å². The fraction of sp³-hybridized carbons (Fsp3) is 0.188. The molecule has 0 aliphatic rings. The number of nitro benzene ring substituents is 1. The Hall–Kier alpha value is -2.92. The number of amides is 1. The number of thioether (sulfide) groups is 1. The molecule has 1 aromatic carbocycles. The third-order valence-corrected chi connectivity index (χ3v) is 5.49. The number of hydrogen-bond acceptors (Lipinski definition) is 8. The largest absolute Gasteiger partial charge is 0.496 e. The number of H-pyrrole nitrogens is 1. The van der Waals surface area contributed by atoms with Gasteiger partial charge in [0.15, 0.2) is 5.16 Å². The fourth-order valence-corrected chi connectivity index (χ4v) is 3.99. The van der Waals surface area contributed by atoms with Crippen LogP contribution in [0.4, 0.5) is 11.4 Å². The molecule has 9 nitrogen and oxygen atoms in total. The molecular formula is C16H14N4O5S2. The lowest BCUT2D eigenvalue weighted by Gasteiger charge is -2.07. The Balaban J connectivity index is 1.72. The minimum Gasteiger partial charge on any atom is -0.496 e. The van der Waals surface area contributed by atoms with E-state index in [4.69, 9.17) is 4.74 Å². The summed E-state index contributed by atoms with van der Waals surface area (Å²) in [7, 11) is 1.40. The number of carbonyl (C=O) groups excluding carboxylic acids is 1. The smallest absolute Gasteiger partial charge is 0.296 e. The number of rotatable bonds is 6. The van der Waals surface area contributed by atoms with E-state index in [0.29, 0.717) is 21.1 Å². The molecule has 3 aromatic rings. The van der Waals surface area contributed by atoms with Gasteiger partial charge in [0.05, 0.1) is 29.2 Å². The van der Waals surface area contributed by atoms with Crippen molar-refractivity contribution in [2.45, 2.75) is 12.1 Å². The van der Waals surface area contributed by atoms with E-state index >= 15 is 0 Å². The van der Waals surface area contributed by atoms with Crippen LogP contribution in [0.2, 0.25) is 0 Å². The molecule has 2 heterocycles. The number of anilines is 1. The summed E-state index contributed by atoms with van der Waals surface area (Å²) in [6, 6.07) is 4.15. The first kappa shape index (κ1) is 18.9. The van der Waals surface area contributed by atoms with Crippen LogP contribution in [0.5, 0.6) is 5.75 Å². The molecular weight excluding hydrogens is 392 g/mol. The summed E-state index contributed by atoms with van der Waals surface area (Å²) in [6.45, 7) is 1.83. The zero-order chi connectivity index (χ0) is 19.6. The summed E-state index contributed by atoms with van der Waals surface area (Å²) in [4.78, 5) is 42.4. The van der Waals surface area contributed by atoms with Crippen molar-refractivity contribution in [1.82, 2.24) is 9.97 Å². The molecule has 0 aliphatic heterocycles. The quantitative estimate of drug-likeness (QED) is 0.279. The molecule has 0 saturated heterocycles. The van der Waals surface area contributed by atoms with Crippen LogP contribution >= 0.6 is 23.1 Å². The fourth-order valence-electron chi connectivity index (χ4n) is 2.35. The third-order valence-electron chi connectivity index (χ3n) is 3.62. The van der Waals surface area contributed by atoms with Crippen LogP contribution < -0.4 is 15.6 Å². The number of methoxy groups -OCH3 is 1. The Labute approximate surface area is 160 Å². The minimum atomic E-state index is -0.600. The number of hydrogen-bond donors (Lipinski definition) is 2. The van der Waals surface area contributed by atoms with Gasteiger partial charge in [0, 0.05) is 0 Å². The number of nitrogens with one attached hydrogen (secondary N) is 2. The molecule has 0 aliphatic carbocycles. The molecule has 0 atom stereocenters. The first-order valence-corrected chi connectivity index (χ1v) is 9.48. The van der Waals surface area contributed by atoms with Crippen LogP contribution in [-0.2, 0) is 4.79 Å². The van der Waals surface area contributed by atoms with Gasteiger partial charge in [-0.15, -0.1) is 11.3 Å². The molecule has 1 amide bonds. The lowest BCUT2D eigenvalue weighted by Crippen LogP contribution is -2.16. The lowest BCUT2D eigenvalue weighted by atomic mass is 10.2. The highest BCUT2D eigenvalue weighted by Crippen LogP contribution is 2.29. The van der Waals surface area contributed by atoms with E-state index in [2.05, 4.69) is 15.3 Å². The van der Waals surface area contributed by atoms with Gasteiger partial charge in [0.2, 0.25) is 5.91 Å². The number of fused-ring (bicyclic) bond motifs is 1. The van der Waals surface area contributed by atoms with Crippen molar-refractivity contribution in [1.29, 1.82) is 0 Å². The van der Waals surface area contributed by atoms with Crippen LogP contribution in [0.3, 0.4) is 0 Å². The summed E-state index contributed by atoms with van der Waals surface area (Å²) in [5.74, 6) is -0.212. The minimum absolute atomic E-state index is 0.0668. The maximum atomic E-state index is 12.2. The van der Waals surface area contributed by atoms with Crippen molar-refractivity contribution in [3.63, 3.8) is 0 Å². The summed E-state index contributed by atoms with van der Waals surface area (Å²) in [5, 5.41) is 16.4. The number of nitro groups is 1. The molecule has 2 aromatic heterocycles. The van der Waals surface area contributed by atoms with Gasteiger partial charge in [-0.25, -0.2) is 4.98 Å². The summed E-state index contributed by atoms with van der Waals surface area (Å²) < 4.78 is 4.96. The lowest BCUT2D eigenvalue weighted by molar-refractivity contribution is -0.384. The van der Waals surface area contributed by atoms with Crippen molar-refractivity contribution >= 4 is 50.6 Å². The van der Waals surface area contributed by atoms with Gasteiger partial charge in [-0.2, -0.15) is 0 Å². The monoisotopic (exact) mass is 406 g/mol. The number of aromatic amines is 1. The van der Waals surface area contributed by atoms with Crippen molar-refractivity contribution in [2.75, 3.05) is 18.2 Å². The van der Waals surface area contributed by atoms with Crippen LogP contribution in [-0.4, -0.2) is 33.7 Å². The first-order valence-electron chi connectivity index (χ1n) is 7.62. The number of thiophene rings is 1. The van der Waals surface area contributed by atoms with E-state index in [1.54, 1.807) is 0 Å². The van der Waals surface area contributed by atoms with Crippen LogP contribution in [0.15, 0.2) is 33.5 Å². The SMILES string of the molecule is COc1ccc(NC(=O)CSc2nc3scc(C)c3c(=O)[nH]2)c([N+](=O)[O-])c1. The number of carbonyl (C=O) groups is 1. The summed E-state index contributed by atoms with van der Waals surface area (Å²) in [6.07, 6.45) is 0. The number of aromatic nitrogens is 2. The Morgan fingerprint density at radius 3 is 2.96 bits per heavy atom. The average molecular weight is 406 g/mol. The highest BCUT2D eigenvalue weighted by molar-refractivity contribution is 7.99. The first-order chi connectivity index (χ1) is 12.9. The van der Waals surface area contributed by atoms with Crippen LogP contribution in [0.25, 0.3) is 10.2 Å². The van der Waals surface area contributed by atoms with Crippen molar-refractivity contribution in [3.8, 4) is 5.75 Å². The van der Waals surface area contributed by atoms with Gasteiger partial charge < -0.3 is 15.0 Å². The van der Waals surface area contributed by atoms with E-state index in [1.165, 1.54) is 36.6 Å². The Morgan fingerprint density at radius 1 is 1.48 bits per heavy atom. The van der Waals surface area contributed by atoms with E-state index in [1.807, 2.05) is 12.3 Å². The van der Waals surface area contributed by atoms with E-state index < -0.39 is 10.8 Å². The second-order valence-electron chi connectivity index (χ2n) is 5.45. The zero-order valence-electron chi connectivity index (χ0n) is 14.3. The van der Waals surface area contributed by atoms with Gasteiger partial charge in [-0.3, -0.25) is 19.7 Å². The molecule has 3 rings (SSSR count). The molecule has 140 valence electrons. The summed E-state index contributed by atoms with van der Waals surface area (Å²) in [5.41, 5.74) is 0.393. The molecule has 0 unspecified atom stereocenters. The highest BCUT2D eigenvalue weighted by atomic mass is 32.2. The van der Waals surface area contributed by atoms with Gasteiger partial charge in [-0.1, -0.05) is 11.8 Å². The maximum absolute atomic E-state index is 12.2. The number of ether oxygens (including phenoxy) is 1. The molecule has 0 spiro atoms. The predicted molar refractivity (Wildman–Crippen MR) is 104 cm³/mol. The summed E-state index contributed by atoms with van der Waals surface area (Å²) >= 11 is 2.40. The van der Waals surface area contributed by atoms with Crippen molar-refractivity contribution < 1.29 is 14.5 Å². The Bertz CT molecular complexity index is 1090. The maximum Gasteiger partial charge on any atom is 0.296 e. The zero-order valence-corrected chi connectivity index (χ0v) is 15.9. The van der Waals surface area contributed by atoms with Gasteiger partial charge in [0.25, 0.3) is 11.2 Å². The number of aryl methyl sites for hydroxylation is 1. The van der Waals surface area contributed by atoms with Gasteiger partial charge in [-0.05, 0) is 30.0 Å². The average Bonchev–Trinajstić information content (AvgIpc) is 3.01. The Kier molecular flexibility index (Phi) is 5.42. The number of nitrogens with zero attached hydrogens (tertiary/aromatic N) is 2. The van der Waals surface area contributed by atoms with Crippen molar-refractivity contribution in [2.24, 2.45) is 0 Å². The standard InChI is InChI=1S/C16H14N4O5S2/c1-8-6-26-15-13(8)14(22)18-16(19-15)27-7-12(21)17-10-4-3-9(25-2)5-11(10)20(23)24/h3-6H,7H2,1-2H3,(H,17,21)(H,18,19,22). The molecule has 0 saturated carbocycles. The van der Waals surface area contributed by atoms with Crippen LogP contribution in [0, 0.1) is 17.0 Å². The molecule has 0 fully saturated rings. The second kappa shape index (κ2) is 7.76. The molecule has 2 N–H and O–H groups in total. The highest BCUT2D eigenvalue weighted by Gasteiger charge is 2.18. The van der Waals surface area contributed by atoms with E-state index in [-0.39, 0.29) is 22.7 Å². The van der Waals surface area contributed by atoms with Gasteiger partial charge >= 0.3 is 0 Å². The van der Waals surface area contributed by atoms with Crippen molar-refractivity contribution in [3.05, 3.63) is 49.6 Å². The second-order valence-corrected chi connectivity index (χ2v) is 7.27. The van der Waals surface area contributed by atoms with E-state index in [9.17, 15) is 19.7 Å². The third kappa shape index (κ3) is 4.09. The Morgan fingerprint density at radius 2 is 2.26 bits per heavy atom. The van der Waals surface area contributed by atoms with Gasteiger partial charge in [0.1, 0.15) is 16.3 Å².